The van der Waals surface area contributed by atoms with Crippen molar-refractivity contribution in [3.05, 3.63) is 28.8 Å². The summed E-state index contributed by atoms with van der Waals surface area (Å²) in [7, 11) is 0. The van der Waals surface area contributed by atoms with E-state index < -0.39 is 6.36 Å². The monoisotopic (exact) mass is 329 g/mol. The van der Waals surface area contributed by atoms with Crippen LogP contribution in [0.4, 0.5) is 13.2 Å². The Kier molecular flexibility index (Phi) is 5.98. The number of rotatable bonds is 2. The van der Waals surface area contributed by atoms with Gasteiger partial charge in [-0.3, -0.25) is 0 Å². The summed E-state index contributed by atoms with van der Waals surface area (Å²) in [6.45, 7) is 3.89. The van der Waals surface area contributed by atoms with Gasteiger partial charge in [-0.15, -0.1) is 25.6 Å². The largest absolute Gasteiger partial charge is 0.573 e. The molecule has 1 aliphatic heterocycles. The van der Waals surface area contributed by atoms with Crippen LogP contribution in [0.25, 0.3) is 0 Å². The maximum atomic E-state index is 12.1. The van der Waals surface area contributed by atoms with Crippen LogP contribution in [0, 0.1) is 5.92 Å². The van der Waals surface area contributed by atoms with E-state index in [1.54, 1.807) is 6.07 Å². The van der Waals surface area contributed by atoms with Gasteiger partial charge in [-0.1, -0.05) is 24.6 Å². The third-order valence-electron chi connectivity index (χ3n) is 3.39. The molecule has 1 fully saturated rings. The highest BCUT2D eigenvalue weighted by molar-refractivity contribution is 6.31. The molecule has 0 unspecified atom stereocenters. The van der Waals surface area contributed by atoms with E-state index in [1.807, 2.05) is 0 Å². The van der Waals surface area contributed by atoms with Crippen molar-refractivity contribution in [2.75, 3.05) is 13.1 Å². The van der Waals surface area contributed by atoms with E-state index in [9.17, 15) is 13.2 Å². The van der Waals surface area contributed by atoms with Gasteiger partial charge < -0.3 is 10.1 Å². The van der Waals surface area contributed by atoms with E-state index in [0.29, 0.717) is 10.9 Å². The highest BCUT2D eigenvalue weighted by Gasteiger charge is 2.32. The lowest BCUT2D eigenvalue weighted by molar-refractivity contribution is -0.274. The molecule has 0 aromatic heterocycles. The number of halogens is 5. The van der Waals surface area contributed by atoms with Gasteiger partial charge in [-0.25, -0.2) is 0 Å². The Labute approximate surface area is 127 Å². The number of benzene rings is 1. The fourth-order valence-electron chi connectivity index (χ4n) is 2.48. The predicted molar refractivity (Wildman–Crippen MR) is 74.8 cm³/mol. The molecule has 114 valence electrons. The van der Waals surface area contributed by atoms with Crippen molar-refractivity contribution >= 4 is 24.0 Å². The molecule has 0 saturated carbocycles. The van der Waals surface area contributed by atoms with E-state index in [4.69, 9.17) is 11.6 Å². The minimum Gasteiger partial charge on any atom is -0.406 e. The van der Waals surface area contributed by atoms with Crippen LogP contribution < -0.4 is 10.1 Å². The SMILES string of the molecule is C[C@@H]1CNCC[C@@H]1c1ccc(OC(F)(F)F)cc1Cl.Cl. The van der Waals surface area contributed by atoms with Crippen molar-refractivity contribution < 1.29 is 17.9 Å². The van der Waals surface area contributed by atoms with Crippen LogP contribution in [0.3, 0.4) is 0 Å². The summed E-state index contributed by atoms with van der Waals surface area (Å²) in [4.78, 5) is 0. The fourth-order valence-corrected chi connectivity index (χ4v) is 2.79. The highest BCUT2D eigenvalue weighted by atomic mass is 35.5. The summed E-state index contributed by atoms with van der Waals surface area (Å²) >= 11 is 6.09. The number of piperidine rings is 1. The van der Waals surface area contributed by atoms with E-state index in [1.165, 1.54) is 12.1 Å². The zero-order chi connectivity index (χ0) is 14.0. The van der Waals surface area contributed by atoms with Gasteiger partial charge in [0.05, 0.1) is 0 Å². The quantitative estimate of drug-likeness (QED) is 0.869. The number of alkyl halides is 3. The van der Waals surface area contributed by atoms with Crippen LogP contribution in [0.5, 0.6) is 5.75 Å². The van der Waals surface area contributed by atoms with Crippen molar-refractivity contribution in [1.29, 1.82) is 0 Å². The zero-order valence-electron chi connectivity index (χ0n) is 10.8. The van der Waals surface area contributed by atoms with Gasteiger partial charge in [0.25, 0.3) is 0 Å². The van der Waals surface area contributed by atoms with Gasteiger partial charge in [-0.2, -0.15) is 0 Å². The van der Waals surface area contributed by atoms with Crippen molar-refractivity contribution in [3.63, 3.8) is 0 Å². The van der Waals surface area contributed by atoms with E-state index in [-0.39, 0.29) is 24.1 Å². The Balaban J connectivity index is 0.00000200. The molecular weight excluding hydrogens is 314 g/mol. The lowest BCUT2D eigenvalue weighted by atomic mass is 9.82. The number of ether oxygens (including phenoxy) is 1. The van der Waals surface area contributed by atoms with Crippen molar-refractivity contribution in [2.24, 2.45) is 5.92 Å². The number of nitrogens with one attached hydrogen (secondary N) is 1. The third-order valence-corrected chi connectivity index (χ3v) is 3.72. The van der Waals surface area contributed by atoms with E-state index >= 15 is 0 Å². The topological polar surface area (TPSA) is 21.3 Å². The Bertz CT molecular complexity index is 454. The first kappa shape index (κ1) is 17.4. The van der Waals surface area contributed by atoms with Crippen LogP contribution in [-0.4, -0.2) is 19.5 Å². The Morgan fingerprint density at radius 1 is 1.35 bits per heavy atom. The Morgan fingerprint density at radius 2 is 2.05 bits per heavy atom. The van der Waals surface area contributed by atoms with Crippen molar-refractivity contribution in [3.8, 4) is 5.75 Å². The van der Waals surface area contributed by atoms with Crippen LogP contribution in [0.15, 0.2) is 18.2 Å². The third kappa shape index (κ3) is 4.43. The van der Waals surface area contributed by atoms with Crippen LogP contribution in [0.2, 0.25) is 5.02 Å². The molecule has 0 amide bonds. The Morgan fingerprint density at radius 3 is 2.60 bits per heavy atom. The minimum atomic E-state index is -4.69. The molecule has 7 heteroatoms. The average molecular weight is 330 g/mol. The van der Waals surface area contributed by atoms with Crippen molar-refractivity contribution in [1.82, 2.24) is 5.32 Å². The molecule has 0 aliphatic carbocycles. The lowest BCUT2D eigenvalue weighted by Crippen LogP contribution is -2.33. The summed E-state index contributed by atoms with van der Waals surface area (Å²) in [5.74, 6) is 0.400. The second kappa shape index (κ2) is 6.87. The smallest absolute Gasteiger partial charge is 0.406 e. The van der Waals surface area contributed by atoms with Crippen LogP contribution >= 0.6 is 24.0 Å². The molecule has 1 aliphatic rings. The molecule has 1 aromatic rings. The zero-order valence-corrected chi connectivity index (χ0v) is 12.4. The molecule has 2 nitrogen and oxygen atoms in total. The van der Waals surface area contributed by atoms with Gasteiger partial charge in [-0.05, 0) is 49.0 Å². The fraction of sp³-hybridized carbons (Fsp3) is 0.538. The molecule has 0 bridgehead atoms. The minimum absolute atomic E-state index is 0. The molecule has 2 atom stereocenters. The second-order valence-corrected chi connectivity index (χ2v) is 5.21. The van der Waals surface area contributed by atoms with Gasteiger partial charge in [0, 0.05) is 5.02 Å². The molecule has 1 heterocycles. The molecule has 0 radical (unpaired) electrons. The predicted octanol–water partition coefficient (Wildman–Crippen LogP) is 4.37. The van der Waals surface area contributed by atoms with Crippen molar-refractivity contribution in [2.45, 2.75) is 25.6 Å². The molecule has 1 aromatic carbocycles. The first-order valence-corrected chi connectivity index (χ1v) is 6.50. The van der Waals surface area contributed by atoms with Gasteiger partial charge >= 0.3 is 6.36 Å². The van der Waals surface area contributed by atoms with Gasteiger partial charge in [0.15, 0.2) is 0 Å². The number of hydrogen-bond donors (Lipinski definition) is 1. The first-order chi connectivity index (χ1) is 8.87. The summed E-state index contributed by atoms with van der Waals surface area (Å²) in [6.07, 6.45) is -3.76. The molecule has 2 rings (SSSR count). The molecular formula is C13H16Cl2F3NO. The molecule has 20 heavy (non-hydrogen) atoms. The molecule has 0 spiro atoms. The summed E-state index contributed by atoms with van der Waals surface area (Å²) < 4.78 is 40.2. The van der Waals surface area contributed by atoms with Gasteiger partial charge in [0.2, 0.25) is 0 Å². The first-order valence-electron chi connectivity index (χ1n) is 6.13. The lowest BCUT2D eigenvalue weighted by Gasteiger charge is -2.30. The van der Waals surface area contributed by atoms with Crippen LogP contribution in [-0.2, 0) is 0 Å². The maximum absolute atomic E-state index is 12.1. The van der Waals surface area contributed by atoms with Gasteiger partial charge in [0.1, 0.15) is 5.75 Å². The van der Waals surface area contributed by atoms with Crippen LogP contribution in [0.1, 0.15) is 24.8 Å². The maximum Gasteiger partial charge on any atom is 0.573 e. The normalized spacial score (nSPS) is 23.1. The molecule has 1 saturated heterocycles. The highest BCUT2D eigenvalue weighted by Crippen LogP contribution is 2.37. The van der Waals surface area contributed by atoms with E-state index in [2.05, 4.69) is 17.0 Å². The van der Waals surface area contributed by atoms with E-state index in [0.717, 1.165) is 25.1 Å². The standard InChI is InChI=1S/C13H15ClF3NO.ClH/c1-8-7-18-5-4-10(8)11-3-2-9(6-12(11)14)19-13(15,16)17;/h2-3,6,8,10,18H,4-5,7H2,1H3;1H/t8-,10+;/m1./s1. The summed E-state index contributed by atoms with van der Waals surface area (Å²) in [5, 5.41) is 3.61. The molecule has 1 N–H and O–H groups in total. The Hall–Kier alpha value is -0.650. The number of hydrogen-bond acceptors (Lipinski definition) is 2. The average Bonchev–Trinajstić information content (AvgIpc) is 2.28. The summed E-state index contributed by atoms with van der Waals surface area (Å²) in [5.41, 5.74) is 0.894. The summed E-state index contributed by atoms with van der Waals surface area (Å²) in [6, 6.07) is 4.19. The second-order valence-electron chi connectivity index (χ2n) is 4.81.